The summed E-state index contributed by atoms with van der Waals surface area (Å²) < 4.78 is 5.49. The lowest BCUT2D eigenvalue weighted by Crippen LogP contribution is -2.25. The van der Waals surface area contributed by atoms with Crippen molar-refractivity contribution in [2.75, 3.05) is 19.7 Å². The quantitative estimate of drug-likeness (QED) is 0.674. The summed E-state index contributed by atoms with van der Waals surface area (Å²) in [7, 11) is 0. The summed E-state index contributed by atoms with van der Waals surface area (Å²) in [6.07, 6.45) is 7.51. The van der Waals surface area contributed by atoms with E-state index >= 15 is 0 Å². The van der Waals surface area contributed by atoms with E-state index in [-0.39, 0.29) is 0 Å². The number of hydrogen-bond donors (Lipinski definition) is 1. The molecule has 1 saturated carbocycles. The molecule has 2 nitrogen and oxygen atoms in total. The fourth-order valence-electron chi connectivity index (χ4n) is 2.62. The number of rotatable bonds is 7. The van der Waals surface area contributed by atoms with E-state index in [1.807, 2.05) is 0 Å². The first-order valence-electron chi connectivity index (χ1n) is 7.00. The zero-order valence-corrected chi connectivity index (χ0v) is 11.3. The first-order chi connectivity index (χ1) is 7.68. The van der Waals surface area contributed by atoms with Gasteiger partial charge in [-0.3, -0.25) is 0 Å². The van der Waals surface area contributed by atoms with Crippen LogP contribution >= 0.6 is 0 Å². The Hall–Kier alpha value is -0.0800. The van der Waals surface area contributed by atoms with Gasteiger partial charge in [0.15, 0.2) is 0 Å². The standard InChI is InChI=1S/C14H29NO/c1-12(2)16-10-9-15-8-7-14-6-4-5-13(3)11-14/h12-15H,4-11H2,1-3H3. The maximum Gasteiger partial charge on any atom is 0.0594 e. The van der Waals surface area contributed by atoms with Crippen molar-refractivity contribution >= 4 is 0 Å². The van der Waals surface area contributed by atoms with Crippen LogP contribution in [0.15, 0.2) is 0 Å². The van der Waals surface area contributed by atoms with Crippen LogP contribution in [-0.2, 0) is 4.74 Å². The van der Waals surface area contributed by atoms with Gasteiger partial charge in [-0.2, -0.15) is 0 Å². The van der Waals surface area contributed by atoms with E-state index < -0.39 is 0 Å². The topological polar surface area (TPSA) is 21.3 Å². The Kier molecular flexibility index (Phi) is 7.06. The lowest BCUT2D eigenvalue weighted by molar-refractivity contribution is 0.0806. The molecule has 1 aliphatic carbocycles. The molecule has 0 spiro atoms. The fraction of sp³-hybridized carbons (Fsp3) is 1.00. The smallest absolute Gasteiger partial charge is 0.0594 e. The van der Waals surface area contributed by atoms with Crippen LogP contribution in [0.4, 0.5) is 0 Å². The predicted octanol–water partition coefficient (Wildman–Crippen LogP) is 3.22. The number of hydrogen-bond acceptors (Lipinski definition) is 2. The summed E-state index contributed by atoms with van der Waals surface area (Å²) >= 11 is 0. The van der Waals surface area contributed by atoms with Gasteiger partial charge in [-0.1, -0.05) is 26.2 Å². The molecule has 2 atom stereocenters. The van der Waals surface area contributed by atoms with Gasteiger partial charge in [0.1, 0.15) is 0 Å². The highest BCUT2D eigenvalue weighted by Gasteiger charge is 2.17. The summed E-state index contributed by atoms with van der Waals surface area (Å²) in [5.74, 6) is 1.94. The highest BCUT2D eigenvalue weighted by atomic mass is 16.5. The van der Waals surface area contributed by atoms with Crippen LogP contribution in [0, 0.1) is 11.8 Å². The van der Waals surface area contributed by atoms with E-state index in [4.69, 9.17) is 4.74 Å². The SMILES string of the molecule is CC1CCCC(CCNCCOC(C)C)C1. The average Bonchev–Trinajstić information content (AvgIpc) is 2.23. The molecule has 0 aromatic heterocycles. The van der Waals surface area contributed by atoms with Gasteiger partial charge in [-0.25, -0.2) is 0 Å². The lowest BCUT2D eigenvalue weighted by atomic mass is 9.81. The van der Waals surface area contributed by atoms with Crippen molar-refractivity contribution in [3.63, 3.8) is 0 Å². The second-order valence-corrected chi connectivity index (χ2v) is 5.60. The van der Waals surface area contributed by atoms with Gasteiger partial charge in [0.25, 0.3) is 0 Å². The van der Waals surface area contributed by atoms with Crippen LogP contribution in [0.1, 0.15) is 52.9 Å². The Morgan fingerprint density at radius 3 is 2.75 bits per heavy atom. The first-order valence-corrected chi connectivity index (χ1v) is 7.00. The molecule has 1 aliphatic rings. The van der Waals surface area contributed by atoms with E-state index in [1.165, 1.54) is 38.6 Å². The zero-order chi connectivity index (χ0) is 11.8. The molecule has 2 heteroatoms. The molecule has 0 heterocycles. The molecule has 0 amide bonds. The van der Waals surface area contributed by atoms with E-state index in [2.05, 4.69) is 26.1 Å². The molecule has 0 radical (unpaired) electrons. The van der Waals surface area contributed by atoms with Crippen LogP contribution in [0.3, 0.4) is 0 Å². The lowest BCUT2D eigenvalue weighted by Gasteiger charge is -2.26. The van der Waals surface area contributed by atoms with Crippen molar-refractivity contribution in [2.24, 2.45) is 11.8 Å². The second kappa shape index (κ2) is 8.08. The molecular formula is C14H29NO. The molecule has 0 aromatic carbocycles. The Labute approximate surface area is 101 Å². The second-order valence-electron chi connectivity index (χ2n) is 5.60. The van der Waals surface area contributed by atoms with Crippen molar-refractivity contribution in [2.45, 2.75) is 59.0 Å². The Bertz CT molecular complexity index is 170. The van der Waals surface area contributed by atoms with E-state index in [1.54, 1.807) is 0 Å². The third-order valence-electron chi connectivity index (χ3n) is 3.50. The van der Waals surface area contributed by atoms with E-state index in [0.29, 0.717) is 6.10 Å². The zero-order valence-electron chi connectivity index (χ0n) is 11.3. The van der Waals surface area contributed by atoms with Crippen molar-refractivity contribution in [1.29, 1.82) is 0 Å². The summed E-state index contributed by atoms with van der Waals surface area (Å²) in [5, 5.41) is 3.48. The monoisotopic (exact) mass is 227 g/mol. The van der Waals surface area contributed by atoms with Crippen molar-refractivity contribution in [3.8, 4) is 0 Å². The summed E-state index contributed by atoms with van der Waals surface area (Å²) in [6.45, 7) is 9.58. The summed E-state index contributed by atoms with van der Waals surface area (Å²) in [6, 6.07) is 0. The minimum atomic E-state index is 0.362. The molecule has 2 unspecified atom stereocenters. The van der Waals surface area contributed by atoms with Gasteiger partial charge < -0.3 is 10.1 Å². The van der Waals surface area contributed by atoms with Gasteiger partial charge in [-0.05, 0) is 45.1 Å². The van der Waals surface area contributed by atoms with Gasteiger partial charge in [0.2, 0.25) is 0 Å². The van der Waals surface area contributed by atoms with Crippen molar-refractivity contribution in [1.82, 2.24) is 5.32 Å². The molecule has 0 bridgehead atoms. The maximum atomic E-state index is 5.49. The van der Waals surface area contributed by atoms with Crippen molar-refractivity contribution in [3.05, 3.63) is 0 Å². The highest BCUT2D eigenvalue weighted by molar-refractivity contribution is 4.71. The van der Waals surface area contributed by atoms with Crippen LogP contribution < -0.4 is 5.32 Å². The molecule has 0 saturated heterocycles. The predicted molar refractivity (Wildman–Crippen MR) is 69.7 cm³/mol. The molecule has 16 heavy (non-hydrogen) atoms. The maximum absolute atomic E-state index is 5.49. The van der Waals surface area contributed by atoms with E-state index in [0.717, 1.165) is 25.0 Å². The normalized spacial score (nSPS) is 26.2. The molecule has 0 aliphatic heterocycles. The van der Waals surface area contributed by atoms with Gasteiger partial charge in [0, 0.05) is 6.54 Å². The first kappa shape index (κ1) is 14.0. The van der Waals surface area contributed by atoms with Gasteiger partial charge in [-0.15, -0.1) is 0 Å². The van der Waals surface area contributed by atoms with Crippen LogP contribution in [0.2, 0.25) is 0 Å². The molecule has 0 aromatic rings. The summed E-state index contributed by atoms with van der Waals surface area (Å²) in [5.41, 5.74) is 0. The number of nitrogens with one attached hydrogen (secondary N) is 1. The minimum Gasteiger partial charge on any atom is -0.377 e. The molecular weight excluding hydrogens is 198 g/mol. The van der Waals surface area contributed by atoms with E-state index in [9.17, 15) is 0 Å². The highest BCUT2D eigenvalue weighted by Crippen LogP contribution is 2.30. The van der Waals surface area contributed by atoms with Gasteiger partial charge in [0.05, 0.1) is 12.7 Å². The largest absolute Gasteiger partial charge is 0.377 e. The Morgan fingerprint density at radius 2 is 2.06 bits per heavy atom. The Balaban J connectivity index is 1.90. The third kappa shape index (κ3) is 6.49. The molecule has 96 valence electrons. The number of ether oxygens (including phenoxy) is 1. The molecule has 1 N–H and O–H groups in total. The van der Waals surface area contributed by atoms with Crippen molar-refractivity contribution < 1.29 is 4.74 Å². The third-order valence-corrected chi connectivity index (χ3v) is 3.50. The van der Waals surface area contributed by atoms with Crippen LogP contribution in [0.25, 0.3) is 0 Å². The minimum absolute atomic E-state index is 0.362. The molecule has 1 rings (SSSR count). The Morgan fingerprint density at radius 1 is 1.25 bits per heavy atom. The summed E-state index contributed by atoms with van der Waals surface area (Å²) in [4.78, 5) is 0. The fourth-order valence-corrected chi connectivity index (χ4v) is 2.62. The van der Waals surface area contributed by atoms with Gasteiger partial charge >= 0.3 is 0 Å². The average molecular weight is 227 g/mol. The molecule has 1 fully saturated rings. The van der Waals surface area contributed by atoms with Crippen LogP contribution in [0.5, 0.6) is 0 Å². The van der Waals surface area contributed by atoms with Crippen LogP contribution in [-0.4, -0.2) is 25.8 Å².